The summed E-state index contributed by atoms with van der Waals surface area (Å²) in [5, 5.41) is 20.8. The molecule has 3 aliphatic heterocycles. The van der Waals surface area contributed by atoms with Crippen LogP contribution in [-0.2, 0) is 4.79 Å². The predicted molar refractivity (Wildman–Crippen MR) is 96.2 cm³/mol. The van der Waals surface area contributed by atoms with E-state index in [2.05, 4.69) is 4.90 Å². The number of rotatable bonds is 2. The van der Waals surface area contributed by atoms with Crippen molar-refractivity contribution in [2.24, 2.45) is 0 Å². The van der Waals surface area contributed by atoms with E-state index in [1.165, 1.54) is 0 Å². The number of piperidine rings is 1. The molecule has 0 radical (unpaired) electrons. The Morgan fingerprint density at radius 1 is 1.12 bits per heavy atom. The molecular weight excluding hydrogens is 363 g/mol. The lowest BCUT2D eigenvalue weighted by Crippen LogP contribution is -2.50. The fourth-order valence-corrected chi connectivity index (χ4v) is 5.17. The number of benzene rings is 1. The summed E-state index contributed by atoms with van der Waals surface area (Å²) in [7, 11) is 0. The van der Waals surface area contributed by atoms with Crippen LogP contribution in [0.4, 0.5) is 0 Å². The van der Waals surface area contributed by atoms with Gasteiger partial charge in [-0.15, -0.1) is 0 Å². The minimum Gasteiger partial charge on any atom is -0.508 e. The van der Waals surface area contributed by atoms with E-state index in [1.54, 1.807) is 12.1 Å². The average Bonchev–Trinajstić information content (AvgIpc) is 3.18. The van der Waals surface area contributed by atoms with Crippen LogP contribution in [0.25, 0.3) is 0 Å². The van der Waals surface area contributed by atoms with Crippen molar-refractivity contribution < 1.29 is 15.0 Å². The van der Waals surface area contributed by atoms with Crippen LogP contribution in [0.5, 0.6) is 5.75 Å². The molecule has 0 aliphatic carbocycles. The summed E-state index contributed by atoms with van der Waals surface area (Å²) in [6.45, 7) is 2.09. The maximum Gasteiger partial charge on any atom is 0.224 e. The number of hydrogen-bond donors (Lipinski definition) is 2. The standard InChI is InChI=1S/C18H22Cl2N2O3/c19-14-1-2-15(24)17(18(14)20)10-5-12-6-11(7-16(25)22(12)8-10)21-4-3-13(23)9-21/h1-2,10-13,23-24H,3-9H2/t10-,11-,12-,13+/m0/s1. The zero-order valence-electron chi connectivity index (χ0n) is 13.9. The first-order chi connectivity index (χ1) is 11.9. The van der Waals surface area contributed by atoms with Gasteiger partial charge in [-0.05, 0) is 31.4 Å². The number of aliphatic hydroxyl groups excluding tert-OH is 1. The third-order valence-electron chi connectivity index (χ3n) is 5.92. The quantitative estimate of drug-likeness (QED) is 0.822. The highest BCUT2D eigenvalue weighted by atomic mass is 35.5. The Morgan fingerprint density at radius 3 is 2.64 bits per heavy atom. The molecule has 0 bridgehead atoms. The van der Waals surface area contributed by atoms with Crippen LogP contribution in [0.1, 0.15) is 37.2 Å². The van der Waals surface area contributed by atoms with Crippen LogP contribution in [0.2, 0.25) is 10.0 Å². The number of nitrogens with zero attached hydrogens (tertiary/aromatic N) is 2. The second kappa shape index (κ2) is 6.62. The highest BCUT2D eigenvalue weighted by molar-refractivity contribution is 6.42. The van der Waals surface area contributed by atoms with Crippen molar-refractivity contribution in [2.75, 3.05) is 19.6 Å². The van der Waals surface area contributed by atoms with Crippen molar-refractivity contribution in [1.29, 1.82) is 0 Å². The van der Waals surface area contributed by atoms with Crippen LogP contribution in [0.3, 0.4) is 0 Å². The Hall–Kier alpha value is -1.01. The van der Waals surface area contributed by atoms with Crippen molar-refractivity contribution in [1.82, 2.24) is 9.80 Å². The highest BCUT2D eigenvalue weighted by Crippen LogP contribution is 2.45. The molecule has 3 fully saturated rings. The fourth-order valence-electron chi connectivity index (χ4n) is 4.69. The van der Waals surface area contributed by atoms with Crippen LogP contribution < -0.4 is 0 Å². The van der Waals surface area contributed by atoms with Crippen molar-refractivity contribution in [3.05, 3.63) is 27.7 Å². The molecule has 0 unspecified atom stereocenters. The van der Waals surface area contributed by atoms with E-state index < -0.39 is 0 Å². The molecule has 3 aliphatic rings. The number of aliphatic hydroxyl groups is 1. The zero-order chi connectivity index (χ0) is 17.7. The number of amides is 1. The number of phenols is 1. The number of β-amino-alcohol motifs (C(OH)–C–C–N with tert-alkyl or cyclic N) is 1. The van der Waals surface area contributed by atoms with Gasteiger partial charge in [0, 0.05) is 49.6 Å². The number of fused-ring (bicyclic) bond motifs is 1. The maximum atomic E-state index is 12.7. The normalized spacial score (nSPS) is 33.1. The van der Waals surface area contributed by atoms with E-state index in [-0.39, 0.29) is 35.8 Å². The fraction of sp³-hybridized carbons (Fsp3) is 0.611. The Bertz CT molecular complexity index is 699. The van der Waals surface area contributed by atoms with E-state index in [1.807, 2.05) is 4.90 Å². The van der Waals surface area contributed by atoms with Crippen LogP contribution in [0, 0.1) is 0 Å². The third kappa shape index (κ3) is 3.12. The number of aromatic hydroxyl groups is 1. The second-order valence-corrected chi connectivity index (χ2v) is 8.24. The molecule has 136 valence electrons. The van der Waals surface area contributed by atoms with Crippen molar-refractivity contribution in [3.8, 4) is 5.75 Å². The number of hydrogen-bond acceptors (Lipinski definition) is 4. The minimum atomic E-state index is -0.272. The molecule has 25 heavy (non-hydrogen) atoms. The molecule has 3 heterocycles. The molecule has 1 amide bonds. The Morgan fingerprint density at radius 2 is 1.92 bits per heavy atom. The number of carbonyl (C=O) groups is 1. The third-order valence-corrected chi connectivity index (χ3v) is 6.74. The summed E-state index contributed by atoms with van der Waals surface area (Å²) in [6.07, 6.45) is 2.71. The van der Waals surface area contributed by atoms with Gasteiger partial charge >= 0.3 is 0 Å². The van der Waals surface area contributed by atoms with Crippen LogP contribution in [0.15, 0.2) is 12.1 Å². The summed E-state index contributed by atoms with van der Waals surface area (Å²) in [4.78, 5) is 16.8. The number of phenolic OH excluding ortho intramolecular Hbond substituents is 1. The van der Waals surface area contributed by atoms with Crippen molar-refractivity contribution in [3.63, 3.8) is 0 Å². The molecule has 0 saturated carbocycles. The van der Waals surface area contributed by atoms with Gasteiger partial charge in [0.1, 0.15) is 5.75 Å². The first-order valence-corrected chi connectivity index (χ1v) is 9.58. The Kier molecular flexibility index (Phi) is 4.61. The minimum absolute atomic E-state index is 0.00284. The van der Waals surface area contributed by atoms with Gasteiger partial charge in [0.2, 0.25) is 5.91 Å². The molecule has 7 heteroatoms. The second-order valence-electron chi connectivity index (χ2n) is 7.46. The van der Waals surface area contributed by atoms with Crippen molar-refractivity contribution >= 4 is 29.1 Å². The summed E-state index contributed by atoms with van der Waals surface area (Å²) in [6, 6.07) is 3.51. The summed E-state index contributed by atoms with van der Waals surface area (Å²) >= 11 is 12.4. The number of carbonyl (C=O) groups excluding carboxylic acids is 1. The molecule has 1 aromatic rings. The summed E-state index contributed by atoms with van der Waals surface area (Å²) in [5.41, 5.74) is 0.657. The lowest BCUT2D eigenvalue weighted by molar-refractivity contribution is -0.137. The zero-order valence-corrected chi connectivity index (χ0v) is 15.4. The molecule has 3 saturated heterocycles. The molecule has 4 atom stereocenters. The first-order valence-electron chi connectivity index (χ1n) is 8.82. The van der Waals surface area contributed by atoms with Crippen LogP contribution in [-0.4, -0.2) is 63.7 Å². The predicted octanol–water partition coefficient (Wildman–Crippen LogP) is 2.61. The Balaban J connectivity index is 1.53. The molecular formula is C18H22Cl2N2O3. The number of likely N-dealkylation sites (tertiary alicyclic amines) is 1. The van der Waals surface area contributed by atoms with Gasteiger partial charge in [-0.25, -0.2) is 0 Å². The van der Waals surface area contributed by atoms with E-state index in [0.717, 1.165) is 25.8 Å². The topological polar surface area (TPSA) is 64.0 Å². The summed E-state index contributed by atoms with van der Waals surface area (Å²) in [5.74, 6) is 0.303. The molecule has 5 nitrogen and oxygen atoms in total. The van der Waals surface area contributed by atoms with Gasteiger partial charge in [0.15, 0.2) is 0 Å². The molecule has 2 N–H and O–H groups in total. The van der Waals surface area contributed by atoms with Gasteiger partial charge in [-0.2, -0.15) is 0 Å². The van der Waals surface area contributed by atoms with Crippen molar-refractivity contribution in [2.45, 2.75) is 49.8 Å². The smallest absolute Gasteiger partial charge is 0.224 e. The van der Waals surface area contributed by atoms with Gasteiger partial charge in [-0.3, -0.25) is 9.69 Å². The maximum absolute atomic E-state index is 12.7. The molecule has 0 aromatic heterocycles. The lowest BCUT2D eigenvalue weighted by Gasteiger charge is -2.38. The van der Waals surface area contributed by atoms with Gasteiger partial charge < -0.3 is 15.1 Å². The molecule has 4 rings (SSSR count). The van der Waals surface area contributed by atoms with E-state index in [4.69, 9.17) is 23.2 Å². The highest BCUT2D eigenvalue weighted by Gasteiger charge is 2.44. The SMILES string of the molecule is O=C1C[C@@H](N2CC[C@@H](O)C2)C[C@@H]2C[C@H](c3c(O)ccc(Cl)c3Cl)CN12. The Labute approximate surface area is 157 Å². The van der Waals surface area contributed by atoms with Gasteiger partial charge in [-0.1, -0.05) is 23.2 Å². The molecule has 1 aromatic carbocycles. The van der Waals surface area contributed by atoms with E-state index in [0.29, 0.717) is 35.1 Å². The lowest BCUT2D eigenvalue weighted by atomic mass is 9.91. The summed E-state index contributed by atoms with van der Waals surface area (Å²) < 4.78 is 0. The molecule has 0 spiro atoms. The van der Waals surface area contributed by atoms with Gasteiger partial charge in [0.25, 0.3) is 0 Å². The van der Waals surface area contributed by atoms with E-state index >= 15 is 0 Å². The van der Waals surface area contributed by atoms with E-state index in [9.17, 15) is 15.0 Å². The largest absolute Gasteiger partial charge is 0.508 e. The number of halogens is 2. The van der Waals surface area contributed by atoms with Gasteiger partial charge in [0.05, 0.1) is 16.1 Å². The first kappa shape index (κ1) is 17.4. The monoisotopic (exact) mass is 384 g/mol. The average molecular weight is 385 g/mol. The van der Waals surface area contributed by atoms with Crippen LogP contribution >= 0.6 is 23.2 Å².